The Morgan fingerprint density at radius 2 is 1.81 bits per heavy atom. The summed E-state index contributed by atoms with van der Waals surface area (Å²) in [7, 11) is 1.41. The van der Waals surface area contributed by atoms with E-state index < -0.39 is 0 Å². The van der Waals surface area contributed by atoms with E-state index in [4.69, 9.17) is 4.74 Å². The molecule has 0 N–H and O–H groups in total. The molecule has 21 heavy (non-hydrogen) atoms. The maximum Gasteiger partial charge on any atom is 0.319 e. The minimum atomic E-state index is -0.216. The predicted octanol–water partition coefficient (Wildman–Crippen LogP) is 2.86. The van der Waals surface area contributed by atoms with Crippen molar-refractivity contribution in [3.05, 3.63) is 29.8 Å². The van der Waals surface area contributed by atoms with Crippen LogP contribution in [0, 0.1) is 0 Å². The summed E-state index contributed by atoms with van der Waals surface area (Å²) in [5.74, 6) is 0.642. The van der Waals surface area contributed by atoms with Crippen LogP contribution in [0.25, 0.3) is 0 Å². The van der Waals surface area contributed by atoms with Crippen LogP contribution in [-0.2, 0) is 14.9 Å². The van der Waals surface area contributed by atoms with Gasteiger partial charge >= 0.3 is 5.97 Å². The first-order valence-corrected chi connectivity index (χ1v) is 7.39. The Hall–Kier alpha value is -1.55. The second kappa shape index (κ2) is 8.03. The van der Waals surface area contributed by atoms with Gasteiger partial charge < -0.3 is 9.47 Å². The number of hydrogen-bond donors (Lipinski definition) is 0. The van der Waals surface area contributed by atoms with Gasteiger partial charge in [-0.3, -0.25) is 9.69 Å². The molecular weight excluding hydrogens is 266 g/mol. The molecule has 1 aromatic carbocycles. The van der Waals surface area contributed by atoms with Crippen molar-refractivity contribution in [2.45, 2.75) is 33.1 Å². The molecule has 0 aliphatic heterocycles. The minimum Gasteiger partial charge on any atom is -0.492 e. The number of likely N-dealkylation sites (N-methyl/N-ethyl adjacent to an activating group) is 1. The summed E-state index contributed by atoms with van der Waals surface area (Å²) in [6, 6.07) is 8.19. The van der Waals surface area contributed by atoms with Crippen LogP contribution in [0.5, 0.6) is 5.75 Å². The van der Waals surface area contributed by atoms with Crippen LogP contribution in [0.3, 0.4) is 0 Å². The molecule has 0 saturated carbocycles. The molecule has 0 amide bonds. The molecule has 4 nitrogen and oxygen atoms in total. The second-order valence-electron chi connectivity index (χ2n) is 6.07. The molecule has 4 heteroatoms. The van der Waals surface area contributed by atoms with Crippen molar-refractivity contribution in [1.82, 2.24) is 4.90 Å². The van der Waals surface area contributed by atoms with E-state index in [9.17, 15) is 4.79 Å². The van der Waals surface area contributed by atoms with Gasteiger partial charge in [0.05, 0.1) is 13.7 Å². The summed E-state index contributed by atoms with van der Waals surface area (Å²) in [6.45, 7) is 10.9. The highest BCUT2D eigenvalue weighted by Gasteiger charge is 2.13. The van der Waals surface area contributed by atoms with Gasteiger partial charge in [0.2, 0.25) is 0 Å². The van der Waals surface area contributed by atoms with Crippen LogP contribution < -0.4 is 4.74 Å². The second-order valence-corrected chi connectivity index (χ2v) is 6.07. The summed E-state index contributed by atoms with van der Waals surface area (Å²) >= 11 is 0. The molecule has 0 radical (unpaired) electrons. The molecule has 0 spiro atoms. The van der Waals surface area contributed by atoms with E-state index >= 15 is 0 Å². The van der Waals surface area contributed by atoms with Gasteiger partial charge in [0, 0.05) is 6.54 Å². The zero-order valence-electron chi connectivity index (χ0n) is 13.8. The molecule has 0 bridgehead atoms. The van der Waals surface area contributed by atoms with E-state index in [0.29, 0.717) is 19.7 Å². The Balaban J connectivity index is 2.43. The number of methoxy groups -OCH3 is 1. The first-order chi connectivity index (χ1) is 9.86. The molecule has 0 aliphatic carbocycles. The third-order valence-electron chi connectivity index (χ3n) is 3.42. The van der Waals surface area contributed by atoms with Crippen molar-refractivity contribution < 1.29 is 14.3 Å². The molecule has 0 aromatic heterocycles. The Kier molecular flexibility index (Phi) is 6.69. The fourth-order valence-electron chi connectivity index (χ4n) is 1.94. The highest BCUT2D eigenvalue weighted by Crippen LogP contribution is 2.24. The zero-order valence-corrected chi connectivity index (χ0v) is 13.8. The third-order valence-corrected chi connectivity index (χ3v) is 3.42. The topological polar surface area (TPSA) is 38.8 Å². The molecule has 0 heterocycles. The van der Waals surface area contributed by atoms with E-state index in [1.807, 2.05) is 24.0 Å². The molecule has 1 aromatic rings. The number of carbonyl (C=O) groups excluding carboxylic acids is 1. The fraction of sp³-hybridized carbons (Fsp3) is 0.588. The molecule has 0 saturated heterocycles. The first-order valence-electron chi connectivity index (χ1n) is 7.39. The molecular formula is C17H27NO3. The lowest BCUT2D eigenvalue weighted by atomic mass is 9.87. The van der Waals surface area contributed by atoms with Gasteiger partial charge in [-0.15, -0.1) is 0 Å². The van der Waals surface area contributed by atoms with Gasteiger partial charge in [-0.1, -0.05) is 39.8 Å². The summed E-state index contributed by atoms with van der Waals surface area (Å²) in [5, 5.41) is 0. The van der Waals surface area contributed by atoms with Gasteiger partial charge in [0.25, 0.3) is 0 Å². The molecule has 0 atom stereocenters. The average Bonchev–Trinajstić information content (AvgIpc) is 2.45. The quantitative estimate of drug-likeness (QED) is 0.725. The molecule has 1 rings (SSSR count). The number of nitrogens with zero attached hydrogens (tertiary/aromatic N) is 1. The van der Waals surface area contributed by atoms with E-state index in [1.54, 1.807) is 0 Å². The standard InChI is InChI=1S/C17H27NO3/c1-6-18(13-16(19)20-5)11-12-21-15-9-7-14(8-10-15)17(2,3)4/h7-10H,6,11-13H2,1-5H3. The number of rotatable bonds is 7. The Labute approximate surface area is 128 Å². The lowest BCUT2D eigenvalue weighted by Crippen LogP contribution is -2.33. The monoisotopic (exact) mass is 293 g/mol. The highest BCUT2D eigenvalue weighted by atomic mass is 16.5. The SMILES string of the molecule is CCN(CCOc1ccc(C(C)(C)C)cc1)CC(=O)OC. The third kappa shape index (κ3) is 6.17. The normalized spacial score (nSPS) is 11.5. The summed E-state index contributed by atoms with van der Waals surface area (Å²) < 4.78 is 10.4. The largest absolute Gasteiger partial charge is 0.492 e. The van der Waals surface area contributed by atoms with Gasteiger partial charge in [0.1, 0.15) is 12.4 Å². The van der Waals surface area contributed by atoms with Crippen molar-refractivity contribution in [3.63, 3.8) is 0 Å². The molecule has 0 fully saturated rings. The Bertz CT molecular complexity index is 434. The fourth-order valence-corrected chi connectivity index (χ4v) is 1.94. The van der Waals surface area contributed by atoms with Crippen LogP contribution in [-0.4, -0.2) is 44.2 Å². The number of ether oxygens (including phenoxy) is 2. The smallest absolute Gasteiger partial charge is 0.319 e. The van der Waals surface area contributed by atoms with Gasteiger partial charge in [-0.05, 0) is 29.7 Å². The lowest BCUT2D eigenvalue weighted by molar-refractivity contribution is -0.141. The summed E-state index contributed by atoms with van der Waals surface area (Å²) in [4.78, 5) is 13.2. The zero-order chi connectivity index (χ0) is 15.9. The maximum absolute atomic E-state index is 11.2. The Morgan fingerprint density at radius 3 is 2.29 bits per heavy atom. The maximum atomic E-state index is 11.2. The molecule has 0 unspecified atom stereocenters. The van der Waals surface area contributed by atoms with Crippen LogP contribution in [0.4, 0.5) is 0 Å². The Morgan fingerprint density at radius 1 is 1.19 bits per heavy atom. The number of esters is 1. The number of hydrogen-bond acceptors (Lipinski definition) is 4. The predicted molar refractivity (Wildman–Crippen MR) is 84.8 cm³/mol. The minimum absolute atomic E-state index is 0.151. The van der Waals surface area contributed by atoms with Crippen LogP contribution >= 0.6 is 0 Å². The van der Waals surface area contributed by atoms with Crippen LogP contribution in [0.1, 0.15) is 33.3 Å². The van der Waals surface area contributed by atoms with Crippen molar-refractivity contribution >= 4 is 5.97 Å². The van der Waals surface area contributed by atoms with E-state index in [1.165, 1.54) is 12.7 Å². The molecule has 0 aliphatic rings. The summed E-state index contributed by atoms with van der Waals surface area (Å²) in [6.07, 6.45) is 0. The van der Waals surface area contributed by atoms with Crippen molar-refractivity contribution in [2.75, 3.05) is 33.4 Å². The lowest BCUT2D eigenvalue weighted by Gasteiger charge is -2.20. The molecule has 118 valence electrons. The average molecular weight is 293 g/mol. The summed E-state index contributed by atoms with van der Waals surface area (Å²) in [5.41, 5.74) is 1.44. The van der Waals surface area contributed by atoms with Crippen molar-refractivity contribution in [1.29, 1.82) is 0 Å². The van der Waals surface area contributed by atoms with Crippen LogP contribution in [0.2, 0.25) is 0 Å². The van der Waals surface area contributed by atoms with Gasteiger partial charge in [-0.2, -0.15) is 0 Å². The number of carbonyl (C=O) groups is 1. The first kappa shape index (κ1) is 17.5. The van der Waals surface area contributed by atoms with Crippen molar-refractivity contribution in [3.8, 4) is 5.75 Å². The van der Waals surface area contributed by atoms with Crippen LogP contribution in [0.15, 0.2) is 24.3 Å². The van der Waals surface area contributed by atoms with Gasteiger partial charge in [0.15, 0.2) is 0 Å². The van der Waals surface area contributed by atoms with E-state index in [0.717, 1.165) is 12.3 Å². The highest BCUT2D eigenvalue weighted by molar-refractivity contribution is 5.71. The number of benzene rings is 1. The van der Waals surface area contributed by atoms with E-state index in [2.05, 4.69) is 37.6 Å². The van der Waals surface area contributed by atoms with Gasteiger partial charge in [-0.25, -0.2) is 0 Å². The van der Waals surface area contributed by atoms with Crippen molar-refractivity contribution in [2.24, 2.45) is 0 Å². The van der Waals surface area contributed by atoms with E-state index in [-0.39, 0.29) is 11.4 Å².